The Balaban J connectivity index is 2.07. The van der Waals surface area contributed by atoms with Crippen LogP contribution in [0.1, 0.15) is 17.7 Å². The molecule has 1 N–H and O–H groups in total. The van der Waals surface area contributed by atoms with Crippen molar-refractivity contribution in [2.24, 2.45) is 0 Å². The second-order valence-electron chi connectivity index (χ2n) is 5.25. The van der Waals surface area contributed by atoms with Gasteiger partial charge in [0, 0.05) is 24.4 Å². The van der Waals surface area contributed by atoms with Gasteiger partial charge in [0.1, 0.15) is 5.82 Å². The highest BCUT2D eigenvalue weighted by Crippen LogP contribution is 2.29. The molecule has 1 aliphatic heterocycles. The molecule has 0 atom stereocenters. The van der Waals surface area contributed by atoms with E-state index in [1.54, 1.807) is 0 Å². The maximum atomic E-state index is 9.78. The lowest BCUT2D eigenvalue weighted by molar-refractivity contribution is 0.281. The molecule has 0 unspecified atom stereocenters. The van der Waals surface area contributed by atoms with Crippen LogP contribution < -0.4 is 4.90 Å². The molecule has 2 heterocycles. The third kappa shape index (κ3) is 2.94. The number of aliphatic hydroxyl groups excluding tert-OH is 1. The quantitative estimate of drug-likeness (QED) is 0.946. The van der Waals surface area contributed by atoms with Crippen LogP contribution in [-0.2, 0) is 6.61 Å². The number of aliphatic hydroxyl groups is 1. The maximum Gasteiger partial charge on any atom is 0.138 e. The highest BCUT2D eigenvalue weighted by Gasteiger charge is 2.22. The van der Waals surface area contributed by atoms with Crippen LogP contribution >= 0.6 is 11.8 Å². The van der Waals surface area contributed by atoms with E-state index < -0.39 is 0 Å². The largest absolute Gasteiger partial charge is 0.391 e. The predicted octanol–water partition coefficient (Wildman–Crippen LogP) is 2.62. The van der Waals surface area contributed by atoms with Crippen LogP contribution in [0.15, 0.2) is 30.3 Å². The molecule has 3 rings (SSSR count). The van der Waals surface area contributed by atoms with Crippen LogP contribution in [-0.4, -0.2) is 39.5 Å². The molecule has 5 heteroatoms. The van der Waals surface area contributed by atoms with Gasteiger partial charge < -0.3 is 10.0 Å². The summed E-state index contributed by atoms with van der Waals surface area (Å²) in [7, 11) is 0. The lowest BCUT2D eigenvalue weighted by Gasteiger charge is -2.24. The fourth-order valence-electron chi connectivity index (χ4n) is 2.76. The van der Waals surface area contributed by atoms with Crippen molar-refractivity contribution in [2.45, 2.75) is 20.0 Å². The van der Waals surface area contributed by atoms with Crippen LogP contribution in [0.3, 0.4) is 0 Å². The van der Waals surface area contributed by atoms with E-state index >= 15 is 0 Å². The summed E-state index contributed by atoms with van der Waals surface area (Å²) in [5, 5.41) is 14.4. The van der Waals surface area contributed by atoms with Crippen LogP contribution in [0.2, 0.25) is 0 Å². The Morgan fingerprint density at radius 2 is 2.00 bits per heavy atom. The highest BCUT2D eigenvalue weighted by molar-refractivity contribution is 7.99. The molecule has 2 aromatic rings. The van der Waals surface area contributed by atoms with Gasteiger partial charge in [-0.1, -0.05) is 18.2 Å². The number of anilines is 1. The zero-order chi connectivity index (χ0) is 14.7. The molecule has 0 radical (unpaired) electrons. The van der Waals surface area contributed by atoms with Crippen molar-refractivity contribution in [3.05, 3.63) is 41.6 Å². The molecule has 0 aliphatic carbocycles. The average molecular weight is 303 g/mol. The first kappa shape index (κ1) is 14.5. The van der Waals surface area contributed by atoms with Gasteiger partial charge in [0.25, 0.3) is 0 Å². The zero-order valence-electron chi connectivity index (χ0n) is 12.3. The Labute approximate surface area is 129 Å². The van der Waals surface area contributed by atoms with Gasteiger partial charge in [-0.25, -0.2) is 4.68 Å². The van der Waals surface area contributed by atoms with E-state index in [0.29, 0.717) is 0 Å². The van der Waals surface area contributed by atoms with E-state index in [4.69, 9.17) is 0 Å². The van der Waals surface area contributed by atoms with E-state index in [0.717, 1.165) is 41.6 Å². The van der Waals surface area contributed by atoms with Gasteiger partial charge in [-0.2, -0.15) is 16.9 Å². The average Bonchev–Trinajstić information content (AvgIpc) is 2.69. The number of aryl methyl sites for hydroxylation is 1. The first-order chi connectivity index (χ1) is 10.3. The third-order valence-corrected chi connectivity index (χ3v) is 4.89. The predicted molar refractivity (Wildman–Crippen MR) is 88.4 cm³/mol. The Bertz CT molecular complexity index is 589. The molecule has 1 aliphatic rings. The van der Waals surface area contributed by atoms with E-state index in [-0.39, 0.29) is 6.61 Å². The number of para-hydroxylation sites is 1. The fraction of sp³-hybridized carbons (Fsp3) is 0.438. The van der Waals surface area contributed by atoms with Crippen LogP contribution in [0.25, 0.3) is 5.69 Å². The molecule has 1 saturated heterocycles. The van der Waals surface area contributed by atoms with Gasteiger partial charge in [-0.05, 0) is 31.2 Å². The molecule has 0 spiro atoms. The van der Waals surface area contributed by atoms with Crippen LogP contribution in [0.4, 0.5) is 5.82 Å². The van der Waals surface area contributed by atoms with Crippen LogP contribution in [0.5, 0.6) is 0 Å². The summed E-state index contributed by atoms with van der Waals surface area (Å²) in [6.07, 6.45) is 1.18. The second kappa shape index (κ2) is 6.54. The molecule has 1 aromatic heterocycles. The van der Waals surface area contributed by atoms with Gasteiger partial charge in [0.2, 0.25) is 0 Å². The van der Waals surface area contributed by atoms with Gasteiger partial charge in [-0.3, -0.25) is 0 Å². The minimum absolute atomic E-state index is 0.0393. The molecule has 1 aromatic carbocycles. The summed E-state index contributed by atoms with van der Waals surface area (Å²) in [5.41, 5.74) is 2.91. The van der Waals surface area contributed by atoms with Gasteiger partial charge in [0.15, 0.2) is 0 Å². The van der Waals surface area contributed by atoms with Crippen LogP contribution in [0, 0.1) is 6.92 Å². The van der Waals surface area contributed by atoms with E-state index in [2.05, 4.69) is 22.1 Å². The standard InChI is InChI=1S/C16H21N3OS/c1-13-15(12-20)16(18-8-5-10-21-11-9-18)19(17-13)14-6-3-2-4-7-14/h2-4,6-7,20H,5,8-12H2,1H3. The Morgan fingerprint density at radius 1 is 1.19 bits per heavy atom. The molecule has 0 saturated carbocycles. The molecule has 1 fully saturated rings. The van der Waals surface area contributed by atoms with Crippen molar-refractivity contribution in [3.8, 4) is 5.69 Å². The summed E-state index contributed by atoms with van der Waals surface area (Å²) in [5.74, 6) is 3.40. The monoisotopic (exact) mass is 303 g/mol. The zero-order valence-corrected chi connectivity index (χ0v) is 13.1. The van der Waals surface area contributed by atoms with Crippen molar-refractivity contribution in [1.29, 1.82) is 0 Å². The van der Waals surface area contributed by atoms with E-state index in [9.17, 15) is 5.11 Å². The number of hydrogen-bond acceptors (Lipinski definition) is 4. The number of benzene rings is 1. The van der Waals surface area contributed by atoms with Gasteiger partial charge >= 0.3 is 0 Å². The lowest BCUT2D eigenvalue weighted by atomic mass is 10.2. The molecular formula is C16H21N3OS. The number of rotatable bonds is 3. The van der Waals surface area contributed by atoms with Crippen molar-refractivity contribution < 1.29 is 5.11 Å². The highest BCUT2D eigenvalue weighted by atomic mass is 32.2. The summed E-state index contributed by atoms with van der Waals surface area (Å²) in [6.45, 7) is 4.05. The van der Waals surface area contributed by atoms with Crippen molar-refractivity contribution in [3.63, 3.8) is 0 Å². The fourth-order valence-corrected chi connectivity index (χ4v) is 3.65. The minimum atomic E-state index is 0.0393. The van der Waals surface area contributed by atoms with E-state index in [1.807, 2.05) is 41.6 Å². The summed E-state index contributed by atoms with van der Waals surface area (Å²) >= 11 is 2.00. The summed E-state index contributed by atoms with van der Waals surface area (Å²) in [4.78, 5) is 2.37. The number of nitrogens with zero attached hydrogens (tertiary/aromatic N) is 3. The van der Waals surface area contributed by atoms with Crippen molar-refractivity contribution in [2.75, 3.05) is 29.5 Å². The Kier molecular flexibility index (Phi) is 4.51. The first-order valence-electron chi connectivity index (χ1n) is 7.38. The molecule has 4 nitrogen and oxygen atoms in total. The molecule has 0 bridgehead atoms. The molecular weight excluding hydrogens is 282 g/mol. The third-order valence-electron chi connectivity index (χ3n) is 3.84. The van der Waals surface area contributed by atoms with Crippen molar-refractivity contribution in [1.82, 2.24) is 9.78 Å². The Morgan fingerprint density at radius 3 is 2.76 bits per heavy atom. The smallest absolute Gasteiger partial charge is 0.138 e. The molecule has 112 valence electrons. The van der Waals surface area contributed by atoms with Crippen molar-refractivity contribution >= 4 is 17.6 Å². The molecule has 0 amide bonds. The first-order valence-corrected chi connectivity index (χ1v) is 8.54. The summed E-state index contributed by atoms with van der Waals surface area (Å²) < 4.78 is 1.98. The van der Waals surface area contributed by atoms with E-state index in [1.165, 1.54) is 12.2 Å². The lowest BCUT2D eigenvalue weighted by Crippen LogP contribution is -2.28. The van der Waals surface area contributed by atoms with Gasteiger partial charge in [-0.15, -0.1) is 0 Å². The van der Waals surface area contributed by atoms with Gasteiger partial charge in [0.05, 0.1) is 18.0 Å². The number of thioether (sulfide) groups is 1. The topological polar surface area (TPSA) is 41.3 Å². The normalized spacial score (nSPS) is 16.0. The SMILES string of the molecule is Cc1nn(-c2ccccc2)c(N2CCCSCC2)c1CO. The number of hydrogen-bond donors (Lipinski definition) is 1. The minimum Gasteiger partial charge on any atom is -0.391 e. The summed E-state index contributed by atoms with van der Waals surface area (Å²) in [6, 6.07) is 10.2. The maximum absolute atomic E-state index is 9.78. The molecule has 21 heavy (non-hydrogen) atoms. The second-order valence-corrected chi connectivity index (χ2v) is 6.47. The number of aromatic nitrogens is 2. The Hall–Kier alpha value is -1.46.